The van der Waals surface area contributed by atoms with E-state index in [9.17, 15) is 13.5 Å². The second-order valence-electron chi connectivity index (χ2n) is 9.16. The molecule has 0 spiro atoms. The Morgan fingerprint density at radius 3 is 2.14 bits per heavy atom. The number of benzene rings is 4. The minimum Gasteiger partial charge on any atom is -0.495 e. The molecule has 1 unspecified atom stereocenters. The highest BCUT2D eigenvalue weighted by Crippen LogP contribution is 2.34. The Kier molecular flexibility index (Phi) is 6.36. The quantitative estimate of drug-likeness (QED) is 0.438. The van der Waals surface area contributed by atoms with Crippen LogP contribution in [0.4, 0.5) is 0 Å². The van der Waals surface area contributed by atoms with E-state index < -0.39 is 15.9 Å². The number of sulfone groups is 1. The molecule has 0 fully saturated rings. The Morgan fingerprint density at radius 1 is 0.829 bits per heavy atom. The molecule has 5 rings (SSSR count). The highest BCUT2D eigenvalue weighted by Gasteiger charge is 2.25. The lowest BCUT2D eigenvalue weighted by atomic mass is 9.99. The van der Waals surface area contributed by atoms with Crippen molar-refractivity contribution in [3.8, 4) is 5.75 Å². The minimum absolute atomic E-state index is 0.177. The largest absolute Gasteiger partial charge is 0.495 e. The van der Waals surface area contributed by atoms with Crippen LogP contribution in [-0.2, 0) is 22.7 Å². The molecule has 6 heteroatoms. The summed E-state index contributed by atoms with van der Waals surface area (Å²) in [6.07, 6.45) is 0.814. The lowest BCUT2D eigenvalue weighted by Crippen LogP contribution is -2.20. The lowest BCUT2D eigenvalue weighted by molar-refractivity contribution is 0.220. The van der Waals surface area contributed by atoms with Gasteiger partial charge in [0.15, 0.2) is 0 Å². The van der Waals surface area contributed by atoms with Crippen LogP contribution in [0.25, 0.3) is 10.8 Å². The Labute approximate surface area is 206 Å². The molecular formula is C29H29NO4S. The van der Waals surface area contributed by atoms with Gasteiger partial charge in [-0.1, -0.05) is 48.5 Å². The monoisotopic (exact) mass is 487 g/mol. The van der Waals surface area contributed by atoms with Gasteiger partial charge < -0.3 is 14.7 Å². The van der Waals surface area contributed by atoms with Crippen molar-refractivity contribution in [2.24, 2.45) is 0 Å². The molecule has 0 aliphatic carbocycles. The number of nitrogens with zero attached hydrogens (tertiary/aromatic N) is 1. The average Bonchev–Trinajstić information content (AvgIpc) is 3.08. The van der Waals surface area contributed by atoms with E-state index >= 15 is 0 Å². The fraction of sp³-hybridized carbons (Fsp3) is 0.241. The number of likely N-dealkylation sites (N-methyl/N-ethyl adjacent to an activating group) is 1. The van der Waals surface area contributed by atoms with E-state index in [1.165, 1.54) is 7.11 Å². The van der Waals surface area contributed by atoms with Gasteiger partial charge in [0.05, 0.1) is 12.0 Å². The Balaban J connectivity index is 1.46. The van der Waals surface area contributed by atoms with E-state index in [-0.39, 0.29) is 9.79 Å². The van der Waals surface area contributed by atoms with E-state index in [2.05, 4.69) is 11.9 Å². The van der Waals surface area contributed by atoms with Crippen molar-refractivity contribution in [2.75, 3.05) is 27.2 Å². The standard InChI is InChI=1S/C29H29NO4S/c1-30-15-13-23-18-27(34-2)28(19-24(23)14-16-30)35(32,33)26-11-9-21(10-12-26)29(31)25-8-7-20-5-3-4-6-22(20)17-25/h3-12,17-19,29,31H,13-16H2,1-2H3. The molecule has 1 aliphatic heterocycles. The van der Waals surface area contributed by atoms with E-state index in [4.69, 9.17) is 4.74 Å². The van der Waals surface area contributed by atoms with Crippen molar-refractivity contribution < 1.29 is 18.3 Å². The molecule has 180 valence electrons. The number of methoxy groups -OCH3 is 1. The van der Waals surface area contributed by atoms with Gasteiger partial charge in [0.2, 0.25) is 9.84 Å². The molecule has 1 N–H and O–H groups in total. The summed E-state index contributed by atoms with van der Waals surface area (Å²) >= 11 is 0. The predicted octanol–water partition coefficient (Wildman–Crippen LogP) is 4.79. The summed E-state index contributed by atoms with van der Waals surface area (Å²) in [6, 6.07) is 24.0. The molecule has 1 aliphatic rings. The Hall–Kier alpha value is -3.19. The highest BCUT2D eigenvalue weighted by molar-refractivity contribution is 7.91. The molecule has 0 saturated heterocycles. The lowest BCUT2D eigenvalue weighted by Gasteiger charge is -2.16. The third-order valence-corrected chi connectivity index (χ3v) is 8.69. The minimum atomic E-state index is -3.80. The zero-order valence-corrected chi connectivity index (χ0v) is 20.8. The van der Waals surface area contributed by atoms with Crippen LogP contribution in [-0.4, -0.2) is 45.7 Å². The number of fused-ring (bicyclic) bond motifs is 2. The fourth-order valence-corrected chi connectivity index (χ4v) is 6.19. The van der Waals surface area contributed by atoms with Gasteiger partial charge in [-0.2, -0.15) is 0 Å². The van der Waals surface area contributed by atoms with Crippen molar-refractivity contribution >= 4 is 20.6 Å². The van der Waals surface area contributed by atoms with E-state index in [0.29, 0.717) is 11.3 Å². The molecule has 4 aromatic carbocycles. The van der Waals surface area contributed by atoms with Crippen molar-refractivity contribution in [1.29, 1.82) is 0 Å². The van der Waals surface area contributed by atoms with Gasteiger partial charge in [0.1, 0.15) is 16.7 Å². The summed E-state index contributed by atoms with van der Waals surface area (Å²) < 4.78 is 32.7. The summed E-state index contributed by atoms with van der Waals surface area (Å²) in [7, 11) is -0.212. The first kappa shape index (κ1) is 23.5. The summed E-state index contributed by atoms with van der Waals surface area (Å²) in [4.78, 5) is 2.61. The first-order chi connectivity index (χ1) is 16.9. The number of hydrogen-bond acceptors (Lipinski definition) is 5. The smallest absolute Gasteiger partial charge is 0.210 e. The summed E-state index contributed by atoms with van der Waals surface area (Å²) in [5, 5.41) is 13.1. The summed E-state index contributed by atoms with van der Waals surface area (Å²) in [6.45, 7) is 1.82. The van der Waals surface area contributed by atoms with Gasteiger partial charge in [-0.25, -0.2) is 8.42 Å². The van der Waals surface area contributed by atoms with Gasteiger partial charge in [-0.05, 0) is 83.2 Å². The van der Waals surface area contributed by atoms with Gasteiger partial charge in [0.25, 0.3) is 0 Å². The maximum absolute atomic E-state index is 13.6. The van der Waals surface area contributed by atoms with Gasteiger partial charge in [-0.3, -0.25) is 0 Å². The Morgan fingerprint density at radius 2 is 1.46 bits per heavy atom. The first-order valence-electron chi connectivity index (χ1n) is 11.8. The van der Waals surface area contributed by atoms with Crippen molar-refractivity contribution in [2.45, 2.75) is 28.7 Å². The third-order valence-electron chi connectivity index (χ3n) is 6.90. The van der Waals surface area contributed by atoms with Gasteiger partial charge in [-0.15, -0.1) is 0 Å². The van der Waals surface area contributed by atoms with Crippen molar-refractivity contribution in [1.82, 2.24) is 4.90 Å². The van der Waals surface area contributed by atoms with E-state index in [1.54, 1.807) is 30.3 Å². The van der Waals surface area contributed by atoms with Crippen LogP contribution < -0.4 is 4.74 Å². The second kappa shape index (κ2) is 9.46. The van der Waals surface area contributed by atoms with Crippen LogP contribution in [0.5, 0.6) is 5.75 Å². The number of aliphatic hydroxyl groups excluding tert-OH is 1. The molecule has 0 saturated carbocycles. The van der Waals surface area contributed by atoms with Crippen LogP contribution in [0, 0.1) is 0 Å². The van der Waals surface area contributed by atoms with Crippen LogP contribution >= 0.6 is 0 Å². The number of ether oxygens (including phenoxy) is 1. The average molecular weight is 488 g/mol. The van der Waals surface area contributed by atoms with Crippen LogP contribution in [0.15, 0.2) is 88.7 Å². The molecule has 0 amide bonds. The third kappa shape index (κ3) is 4.57. The summed E-state index contributed by atoms with van der Waals surface area (Å²) in [5.41, 5.74) is 3.59. The van der Waals surface area contributed by atoms with Crippen LogP contribution in [0.2, 0.25) is 0 Å². The van der Waals surface area contributed by atoms with Crippen molar-refractivity contribution in [3.05, 3.63) is 101 Å². The van der Waals surface area contributed by atoms with Crippen LogP contribution in [0.3, 0.4) is 0 Å². The number of rotatable bonds is 5. The maximum Gasteiger partial charge on any atom is 0.210 e. The van der Waals surface area contributed by atoms with Crippen molar-refractivity contribution in [3.63, 3.8) is 0 Å². The number of hydrogen-bond donors (Lipinski definition) is 1. The maximum atomic E-state index is 13.6. The number of aliphatic hydroxyl groups is 1. The predicted molar refractivity (Wildman–Crippen MR) is 138 cm³/mol. The fourth-order valence-electron chi connectivity index (χ4n) is 4.74. The molecule has 0 bridgehead atoms. The van der Waals surface area contributed by atoms with E-state index in [0.717, 1.165) is 53.4 Å². The molecule has 4 aromatic rings. The second-order valence-corrected chi connectivity index (χ2v) is 11.1. The zero-order valence-electron chi connectivity index (χ0n) is 19.9. The molecule has 1 atom stereocenters. The van der Waals surface area contributed by atoms with Crippen LogP contribution in [0.1, 0.15) is 28.4 Å². The highest BCUT2D eigenvalue weighted by atomic mass is 32.2. The molecular weight excluding hydrogens is 458 g/mol. The van der Waals surface area contributed by atoms with Gasteiger partial charge in [0, 0.05) is 13.1 Å². The first-order valence-corrected chi connectivity index (χ1v) is 13.3. The zero-order chi connectivity index (χ0) is 24.6. The van der Waals surface area contributed by atoms with E-state index in [1.807, 2.05) is 48.5 Å². The molecule has 1 heterocycles. The molecule has 0 radical (unpaired) electrons. The molecule has 5 nitrogen and oxygen atoms in total. The molecule has 0 aromatic heterocycles. The SMILES string of the molecule is COc1cc2c(cc1S(=O)(=O)c1ccc(C(O)c3ccc4ccccc4c3)cc1)CCN(C)CC2. The summed E-state index contributed by atoms with van der Waals surface area (Å²) in [5.74, 6) is 0.369. The van der Waals surface area contributed by atoms with Gasteiger partial charge >= 0.3 is 0 Å². The topological polar surface area (TPSA) is 66.8 Å². The Bertz CT molecular complexity index is 1480. The normalized spacial score (nSPS) is 15.4. The molecule has 35 heavy (non-hydrogen) atoms.